The molecule has 28 heavy (non-hydrogen) atoms. The number of sulfonamides is 1. The van der Waals surface area contributed by atoms with Crippen molar-refractivity contribution in [3.63, 3.8) is 0 Å². The average Bonchev–Trinajstić information content (AvgIpc) is 3.45. The van der Waals surface area contributed by atoms with E-state index in [9.17, 15) is 18.0 Å². The largest absolute Gasteiger partial charge is 0.326 e. The van der Waals surface area contributed by atoms with Gasteiger partial charge in [-0.05, 0) is 62.6 Å². The third kappa shape index (κ3) is 5.27. The first-order valence-corrected chi connectivity index (χ1v) is 10.8. The Bertz CT molecular complexity index is 994. The van der Waals surface area contributed by atoms with Gasteiger partial charge >= 0.3 is 0 Å². The fraction of sp³-hybridized carbons (Fsp3) is 0.333. The fourth-order valence-electron chi connectivity index (χ4n) is 2.83. The summed E-state index contributed by atoms with van der Waals surface area (Å²) in [6.45, 7) is 3.80. The number of hydrogen-bond donors (Lipinski definition) is 2. The van der Waals surface area contributed by atoms with E-state index in [2.05, 4.69) is 10.0 Å². The first kappa shape index (κ1) is 20.2. The summed E-state index contributed by atoms with van der Waals surface area (Å²) in [6, 6.07) is 11.7. The van der Waals surface area contributed by atoms with E-state index in [4.69, 9.17) is 0 Å². The zero-order valence-electron chi connectivity index (χ0n) is 16.0. The molecule has 0 unspecified atom stereocenters. The monoisotopic (exact) mass is 400 g/mol. The summed E-state index contributed by atoms with van der Waals surface area (Å²) < 4.78 is 26.9. The molecule has 0 spiro atoms. The number of Topliss-reactive ketones (excluding diaryl/α,β-unsaturated/α-hetero) is 1. The predicted octanol–water partition coefficient (Wildman–Crippen LogP) is 3.35. The van der Waals surface area contributed by atoms with Gasteiger partial charge < -0.3 is 5.32 Å². The SMILES string of the molecule is Cc1ccc(C)c(C(=O)CCC(=O)Nc2ccc(S(=O)(=O)NC3CC3)cc2)c1. The highest BCUT2D eigenvalue weighted by molar-refractivity contribution is 7.89. The maximum absolute atomic E-state index is 12.4. The number of nitrogens with one attached hydrogen (secondary N) is 2. The molecule has 2 N–H and O–H groups in total. The van der Waals surface area contributed by atoms with E-state index < -0.39 is 10.0 Å². The lowest BCUT2D eigenvalue weighted by Crippen LogP contribution is -2.25. The molecular formula is C21H24N2O4S. The van der Waals surface area contributed by atoms with Crippen molar-refractivity contribution in [1.82, 2.24) is 4.72 Å². The van der Waals surface area contributed by atoms with Gasteiger partial charge in [0.1, 0.15) is 0 Å². The van der Waals surface area contributed by atoms with Crippen LogP contribution in [-0.4, -0.2) is 26.2 Å². The molecule has 0 radical (unpaired) electrons. The second-order valence-electron chi connectivity index (χ2n) is 7.21. The standard InChI is InChI=1S/C21H24N2O4S/c1-14-3-4-15(2)19(13-14)20(24)11-12-21(25)22-16-7-9-18(10-8-16)28(26,27)23-17-5-6-17/h3-4,7-10,13,17,23H,5-6,11-12H2,1-2H3,(H,22,25). The first-order valence-electron chi connectivity index (χ1n) is 9.27. The number of ketones is 1. The molecule has 0 aliphatic heterocycles. The summed E-state index contributed by atoms with van der Waals surface area (Å²) in [4.78, 5) is 24.7. The molecule has 0 bridgehead atoms. The van der Waals surface area contributed by atoms with Crippen molar-refractivity contribution >= 4 is 27.4 Å². The molecule has 148 valence electrons. The Kier molecular flexibility index (Phi) is 5.96. The lowest BCUT2D eigenvalue weighted by Gasteiger charge is -2.09. The topological polar surface area (TPSA) is 92.3 Å². The van der Waals surface area contributed by atoms with Crippen molar-refractivity contribution in [2.75, 3.05) is 5.32 Å². The summed E-state index contributed by atoms with van der Waals surface area (Å²) in [5.74, 6) is -0.352. The van der Waals surface area contributed by atoms with Crippen LogP contribution < -0.4 is 10.0 Å². The Hall–Kier alpha value is -2.51. The number of amides is 1. The molecule has 0 aromatic heterocycles. The van der Waals surface area contributed by atoms with Gasteiger partial charge in [-0.1, -0.05) is 17.7 Å². The molecule has 6 nitrogen and oxygen atoms in total. The minimum Gasteiger partial charge on any atom is -0.326 e. The number of rotatable bonds is 8. The predicted molar refractivity (Wildman–Crippen MR) is 108 cm³/mol. The summed E-state index contributed by atoms with van der Waals surface area (Å²) in [6.07, 6.45) is 1.92. The highest BCUT2D eigenvalue weighted by Crippen LogP contribution is 2.23. The zero-order chi connectivity index (χ0) is 20.3. The number of carbonyl (C=O) groups is 2. The van der Waals surface area contributed by atoms with Gasteiger partial charge in [0.25, 0.3) is 0 Å². The fourth-order valence-corrected chi connectivity index (χ4v) is 4.13. The van der Waals surface area contributed by atoms with Crippen molar-refractivity contribution < 1.29 is 18.0 Å². The van der Waals surface area contributed by atoms with Crippen LogP contribution in [0.5, 0.6) is 0 Å². The van der Waals surface area contributed by atoms with E-state index in [0.29, 0.717) is 11.3 Å². The van der Waals surface area contributed by atoms with Crippen LogP contribution in [0.3, 0.4) is 0 Å². The molecular weight excluding hydrogens is 376 g/mol. The molecule has 1 amide bonds. The van der Waals surface area contributed by atoms with Gasteiger partial charge in [-0.15, -0.1) is 0 Å². The van der Waals surface area contributed by atoms with E-state index >= 15 is 0 Å². The number of aryl methyl sites for hydroxylation is 2. The molecule has 3 rings (SSSR count). The van der Waals surface area contributed by atoms with Crippen LogP contribution in [0.15, 0.2) is 47.4 Å². The highest BCUT2D eigenvalue weighted by Gasteiger charge is 2.27. The number of benzene rings is 2. The maximum Gasteiger partial charge on any atom is 0.240 e. The Labute approximate surface area is 165 Å². The number of carbonyl (C=O) groups excluding carboxylic acids is 2. The smallest absolute Gasteiger partial charge is 0.240 e. The lowest BCUT2D eigenvalue weighted by atomic mass is 9.99. The van der Waals surface area contributed by atoms with E-state index in [1.165, 1.54) is 12.1 Å². The van der Waals surface area contributed by atoms with Crippen molar-refractivity contribution in [3.05, 3.63) is 59.2 Å². The minimum absolute atomic E-state index is 0.0407. The van der Waals surface area contributed by atoms with Crippen LogP contribution in [0, 0.1) is 13.8 Å². The Morgan fingerprint density at radius 3 is 2.32 bits per heavy atom. The molecule has 0 atom stereocenters. The van der Waals surface area contributed by atoms with E-state index in [1.54, 1.807) is 12.1 Å². The molecule has 2 aromatic carbocycles. The number of hydrogen-bond acceptors (Lipinski definition) is 4. The summed E-state index contributed by atoms with van der Waals surface area (Å²) in [5, 5.41) is 2.70. The Morgan fingerprint density at radius 2 is 1.68 bits per heavy atom. The Balaban J connectivity index is 1.54. The molecule has 0 saturated heterocycles. The van der Waals surface area contributed by atoms with Crippen molar-refractivity contribution in [2.24, 2.45) is 0 Å². The van der Waals surface area contributed by atoms with Crippen molar-refractivity contribution in [3.8, 4) is 0 Å². The summed E-state index contributed by atoms with van der Waals surface area (Å²) >= 11 is 0. The number of anilines is 1. The third-order valence-corrected chi connectivity index (χ3v) is 6.16. The van der Waals surface area contributed by atoms with Gasteiger partial charge in [0.05, 0.1) is 4.90 Å². The van der Waals surface area contributed by atoms with Gasteiger partial charge in [-0.2, -0.15) is 0 Å². The van der Waals surface area contributed by atoms with Crippen LogP contribution in [0.4, 0.5) is 5.69 Å². The third-order valence-electron chi connectivity index (χ3n) is 4.62. The minimum atomic E-state index is -3.51. The molecule has 0 heterocycles. The molecule has 1 aliphatic carbocycles. The van der Waals surface area contributed by atoms with E-state index in [-0.39, 0.29) is 35.5 Å². The highest BCUT2D eigenvalue weighted by atomic mass is 32.2. The van der Waals surface area contributed by atoms with Gasteiger partial charge in [-0.3, -0.25) is 9.59 Å². The van der Waals surface area contributed by atoms with Gasteiger partial charge in [0.15, 0.2) is 5.78 Å². The van der Waals surface area contributed by atoms with Crippen LogP contribution in [0.2, 0.25) is 0 Å². The van der Waals surface area contributed by atoms with Crippen LogP contribution >= 0.6 is 0 Å². The zero-order valence-corrected chi connectivity index (χ0v) is 16.8. The summed E-state index contributed by atoms with van der Waals surface area (Å²) in [7, 11) is -3.51. The van der Waals surface area contributed by atoms with Crippen molar-refractivity contribution in [1.29, 1.82) is 0 Å². The molecule has 1 aliphatic rings. The lowest BCUT2D eigenvalue weighted by molar-refractivity contribution is -0.116. The average molecular weight is 401 g/mol. The molecule has 7 heteroatoms. The van der Waals surface area contributed by atoms with Crippen molar-refractivity contribution in [2.45, 2.75) is 50.5 Å². The second kappa shape index (κ2) is 8.24. The van der Waals surface area contributed by atoms with Gasteiger partial charge in [-0.25, -0.2) is 13.1 Å². The normalized spacial score (nSPS) is 13.9. The molecule has 1 saturated carbocycles. The first-order chi connectivity index (χ1) is 13.2. The maximum atomic E-state index is 12.4. The molecule has 1 fully saturated rings. The Morgan fingerprint density at radius 1 is 1.00 bits per heavy atom. The second-order valence-corrected chi connectivity index (χ2v) is 8.92. The quantitative estimate of drug-likeness (QED) is 0.665. The van der Waals surface area contributed by atoms with Crippen LogP contribution in [0.25, 0.3) is 0 Å². The van der Waals surface area contributed by atoms with Gasteiger partial charge in [0, 0.05) is 30.1 Å². The van der Waals surface area contributed by atoms with E-state index in [1.807, 2.05) is 32.0 Å². The van der Waals surface area contributed by atoms with E-state index in [0.717, 1.165) is 24.0 Å². The summed E-state index contributed by atoms with van der Waals surface area (Å²) in [5.41, 5.74) is 3.04. The molecule has 2 aromatic rings. The van der Waals surface area contributed by atoms with Crippen LogP contribution in [0.1, 0.15) is 47.2 Å². The van der Waals surface area contributed by atoms with Crippen LogP contribution in [-0.2, 0) is 14.8 Å². The van der Waals surface area contributed by atoms with Gasteiger partial charge in [0.2, 0.25) is 15.9 Å².